The topological polar surface area (TPSA) is 33.1 Å². The van der Waals surface area contributed by atoms with Crippen LogP contribution in [0.5, 0.6) is 0 Å². The van der Waals surface area contributed by atoms with E-state index in [9.17, 15) is 5.11 Å². The molecule has 1 heterocycles. The standard InChI is InChI=1S/C12H15NO.C2H6/c1-10-8-6-4-3-5-7-9-12(13-10)11(2)14;1-2/h3-9,11,14H,1-2H3;1-2H3. The van der Waals surface area contributed by atoms with Crippen LogP contribution in [-0.2, 0) is 0 Å². The van der Waals surface area contributed by atoms with Crippen LogP contribution in [0, 0.1) is 6.92 Å². The Labute approximate surface area is 98.3 Å². The predicted octanol–water partition coefficient (Wildman–Crippen LogP) is 3.59. The molecule has 0 fully saturated rings. The second-order valence-corrected chi connectivity index (χ2v) is 3.15. The number of aryl methyl sites for hydroxylation is 1. The van der Waals surface area contributed by atoms with Crippen LogP contribution in [0.25, 0.3) is 0 Å². The first kappa shape index (κ1) is 14.6. The zero-order valence-electron chi connectivity index (χ0n) is 10.5. The monoisotopic (exact) mass is 219 g/mol. The molecule has 1 aromatic rings. The minimum absolute atomic E-state index is 0.536. The molecule has 1 atom stereocenters. The lowest BCUT2D eigenvalue weighted by Crippen LogP contribution is -1.93. The first-order valence-corrected chi connectivity index (χ1v) is 5.65. The van der Waals surface area contributed by atoms with Gasteiger partial charge in [0.25, 0.3) is 0 Å². The van der Waals surface area contributed by atoms with E-state index in [1.807, 2.05) is 63.2 Å². The molecule has 0 amide bonds. The maximum atomic E-state index is 9.42. The smallest absolute Gasteiger partial charge is 0.0931 e. The van der Waals surface area contributed by atoms with Crippen molar-refractivity contribution in [2.45, 2.75) is 33.8 Å². The quantitative estimate of drug-likeness (QED) is 0.783. The van der Waals surface area contributed by atoms with E-state index in [2.05, 4.69) is 4.98 Å². The van der Waals surface area contributed by atoms with Crippen molar-refractivity contribution >= 4 is 0 Å². The number of aliphatic hydroxyl groups excluding tert-OH is 1. The van der Waals surface area contributed by atoms with Gasteiger partial charge in [-0.2, -0.15) is 0 Å². The Hall–Kier alpha value is -1.41. The molecule has 0 aliphatic heterocycles. The Kier molecular flexibility index (Phi) is 8.08. The maximum absolute atomic E-state index is 9.42. The van der Waals surface area contributed by atoms with Crippen LogP contribution in [-0.4, -0.2) is 10.1 Å². The number of hydrogen-bond donors (Lipinski definition) is 1. The van der Waals surface area contributed by atoms with E-state index < -0.39 is 6.10 Å². The van der Waals surface area contributed by atoms with Crippen molar-refractivity contribution in [2.24, 2.45) is 0 Å². The first-order chi connectivity index (χ1) is 7.70. The van der Waals surface area contributed by atoms with E-state index in [0.717, 1.165) is 5.69 Å². The first-order valence-electron chi connectivity index (χ1n) is 5.65. The van der Waals surface area contributed by atoms with E-state index in [4.69, 9.17) is 0 Å². The van der Waals surface area contributed by atoms with Crippen molar-refractivity contribution < 1.29 is 5.11 Å². The third-order valence-electron chi connectivity index (χ3n) is 1.78. The highest BCUT2D eigenvalue weighted by molar-refractivity contribution is 5.08. The molecule has 0 aromatic carbocycles. The molecule has 1 aromatic heterocycles. The van der Waals surface area contributed by atoms with Gasteiger partial charge in [0.15, 0.2) is 0 Å². The van der Waals surface area contributed by atoms with Crippen LogP contribution in [0.2, 0.25) is 0 Å². The number of rotatable bonds is 1. The Bertz CT molecular complexity index is 347. The van der Waals surface area contributed by atoms with Crippen LogP contribution < -0.4 is 0 Å². The Balaban J connectivity index is 0.00000106. The van der Waals surface area contributed by atoms with Gasteiger partial charge in [-0.05, 0) is 26.0 Å². The third-order valence-corrected chi connectivity index (χ3v) is 1.78. The summed E-state index contributed by atoms with van der Waals surface area (Å²) in [5, 5.41) is 9.42. The van der Waals surface area contributed by atoms with Crippen molar-refractivity contribution in [3.8, 4) is 0 Å². The molecule has 0 saturated carbocycles. The van der Waals surface area contributed by atoms with Gasteiger partial charge in [0, 0.05) is 5.69 Å². The van der Waals surface area contributed by atoms with Gasteiger partial charge in [0.2, 0.25) is 0 Å². The normalized spacial score (nSPS) is 10.6. The van der Waals surface area contributed by atoms with Gasteiger partial charge in [0.1, 0.15) is 0 Å². The molecule has 0 spiro atoms. The molecule has 0 saturated heterocycles. The lowest BCUT2D eigenvalue weighted by molar-refractivity contribution is 0.194. The molecule has 1 unspecified atom stereocenters. The van der Waals surface area contributed by atoms with Crippen molar-refractivity contribution in [2.75, 3.05) is 0 Å². The van der Waals surface area contributed by atoms with Crippen LogP contribution in [0.3, 0.4) is 0 Å². The SMILES string of the molecule is CC.Cc1cccccccc(C(C)O)n1. The fourth-order valence-corrected chi connectivity index (χ4v) is 1.05. The second kappa shape index (κ2) is 8.86. The van der Waals surface area contributed by atoms with Crippen molar-refractivity contribution in [1.29, 1.82) is 0 Å². The zero-order valence-corrected chi connectivity index (χ0v) is 10.5. The minimum Gasteiger partial charge on any atom is -0.387 e. The minimum atomic E-state index is -0.536. The second-order valence-electron chi connectivity index (χ2n) is 3.15. The average Bonchev–Trinajstić information content (AvgIpc) is 2.29. The summed E-state index contributed by atoms with van der Waals surface area (Å²) in [7, 11) is 0. The Morgan fingerprint density at radius 2 is 1.50 bits per heavy atom. The molecule has 88 valence electrons. The summed E-state index contributed by atoms with van der Waals surface area (Å²) < 4.78 is 0. The van der Waals surface area contributed by atoms with Crippen LogP contribution in [0.4, 0.5) is 0 Å². The Morgan fingerprint density at radius 3 is 2.06 bits per heavy atom. The summed E-state index contributed by atoms with van der Waals surface area (Å²) in [5.41, 5.74) is 1.57. The average molecular weight is 219 g/mol. The Morgan fingerprint density at radius 1 is 1.00 bits per heavy atom. The van der Waals surface area contributed by atoms with Gasteiger partial charge < -0.3 is 5.11 Å². The number of aromatic nitrogens is 1. The fraction of sp³-hybridized carbons (Fsp3) is 0.357. The highest BCUT2D eigenvalue weighted by atomic mass is 16.3. The molecule has 0 radical (unpaired) electrons. The summed E-state index contributed by atoms with van der Waals surface area (Å²) in [6, 6.07) is 13.3. The molecule has 1 N–H and O–H groups in total. The third kappa shape index (κ3) is 6.14. The highest BCUT2D eigenvalue weighted by Crippen LogP contribution is 2.05. The largest absolute Gasteiger partial charge is 0.387 e. The zero-order chi connectivity index (χ0) is 12.4. The summed E-state index contributed by atoms with van der Waals surface area (Å²) in [6.07, 6.45) is -0.536. The molecule has 0 aliphatic carbocycles. The van der Waals surface area contributed by atoms with E-state index >= 15 is 0 Å². The summed E-state index contributed by atoms with van der Waals surface area (Å²) in [4.78, 5) is 4.29. The van der Waals surface area contributed by atoms with Gasteiger partial charge in [-0.25, -0.2) is 0 Å². The van der Waals surface area contributed by atoms with E-state index in [-0.39, 0.29) is 0 Å². The predicted molar refractivity (Wildman–Crippen MR) is 68.6 cm³/mol. The van der Waals surface area contributed by atoms with Crippen LogP contribution in [0.15, 0.2) is 42.5 Å². The summed E-state index contributed by atoms with van der Waals surface area (Å²) in [5.74, 6) is 0. The molecule has 0 aliphatic rings. The highest BCUT2D eigenvalue weighted by Gasteiger charge is 1.97. The van der Waals surface area contributed by atoms with Crippen LogP contribution >= 0.6 is 0 Å². The molecule has 2 heteroatoms. The van der Waals surface area contributed by atoms with Gasteiger partial charge in [0.05, 0.1) is 11.8 Å². The van der Waals surface area contributed by atoms with Crippen LogP contribution in [0.1, 0.15) is 38.3 Å². The number of nitrogens with zero attached hydrogens (tertiary/aromatic N) is 1. The molecule has 16 heavy (non-hydrogen) atoms. The van der Waals surface area contributed by atoms with Gasteiger partial charge in [-0.15, -0.1) is 0 Å². The number of aliphatic hydroxyl groups is 1. The summed E-state index contributed by atoms with van der Waals surface area (Å²) >= 11 is 0. The fourth-order valence-electron chi connectivity index (χ4n) is 1.05. The van der Waals surface area contributed by atoms with Gasteiger partial charge >= 0.3 is 0 Å². The molecule has 2 nitrogen and oxygen atoms in total. The molecule has 0 bridgehead atoms. The lowest BCUT2D eigenvalue weighted by Gasteiger charge is -2.00. The lowest BCUT2D eigenvalue weighted by atomic mass is 10.2. The number of hydrogen-bond acceptors (Lipinski definition) is 2. The van der Waals surface area contributed by atoms with E-state index in [1.165, 1.54) is 0 Å². The van der Waals surface area contributed by atoms with E-state index in [1.54, 1.807) is 6.92 Å². The molecular weight excluding hydrogens is 198 g/mol. The van der Waals surface area contributed by atoms with Crippen molar-refractivity contribution in [1.82, 2.24) is 4.98 Å². The summed E-state index contributed by atoms with van der Waals surface area (Å²) in [6.45, 7) is 7.62. The van der Waals surface area contributed by atoms with Crippen molar-refractivity contribution in [3.63, 3.8) is 0 Å². The van der Waals surface area contributed by atoms with Gasteiger partial charge in [-0.3, -0.25) is 4.98 Å². The van der Waals surface area contributed by atoms with E-state index in [0.29, 0.717) is 5.69 Å². The maximum Gasteiger partial charge on any atom is 0.0931 e. The van der Waals surface area contributed by atoms with Crippen molar-refractivity contribution in [3.05, 3.63) is 53.9 Å². The molecular formula is C14H21NO. The van der Waals surface area contributed by atoms with Gasteiger partial charge in [-0.1, -0.05) is 44.2 Å². The molecule has 1 rings (SSSR count).